The Balaban J connectivity index is 0.00000208. The van der Waals surface area contributed by atoms with Crippen LogP contribution in [0.3, 0.4) is 0 Å². The molecule has 2 fully saturated rings. The average molecular weight is 353 g/mol. The molecule has 0 spiro atoms. The van der Waals surface area contributed by atoms with Gasteiger partial charge < -0.3 is 15.4 Å². The van der Waals surface area contributed by atoms with Crippen molar-refractivity contribution >= 4 is 18.3 Å². The Hall–Kier alpha value is -1.10. The van der Waals surface area contributed by atoms with Crippen LogP contribution in [0.25, 0.3) is 0 Å². The van der Waals surface area contributed by atoms with Crippen molar-refractivity contribution in [1.82, 2.24) is 4.90 Å². The molecule has 1 amide bonds. The highest BCUT2D eigenvalue weighted by Crippen LogP contribution is 2.26. The van der Waals surface area contributed by atoms with Crippen LogP contribution in [0, 0.1) is 6.92 Å². The normalized spacial score (nSPS) is 20.7. The molecule has 4 nitrogen and oxygen atoms in total. The number of carbonyl (C=O) groups excluding carboxylic acids is 1. The van der Waals surface area contributed by atoms with Crippen molar-refractivity contribution in [2.75, 3.05) is 13.1 Å². The topological polar surface area (TPSA) is 55.6 Å². The molecule has 1 aliphatic carbocycles. The zero-order chi connectivity index (χ0) is 16.2. The summed E-state index contributed by atoms with van der Waals surface area (Å²) in [6.45, 7) is 3.55. The molecular weight excluding hydrogens is 324 g/mol. The van der Waals surface area contributed by atoms with Gasteiger partial charge in [0.15, 0.2) is 0 Å². The predicted octanol–water partition coefficient (Wildman–Crippen LogP) is 3.37. The van der Waals surface area contributed by atoms with Gasteiger partial charge in [0, 0.05) is 13.1 Å². The van der Waals surface area contributed by atoms with Crippen molar-refractivity contribution in [2.45, 2.75) is 63.7 Å². The van der Waals surface area contributed by atoms with Crippen molar-refractivity contribution in [1.29, 1.82) is 0 Å². The van der Waals surface area contributed by atoms with Gasteiger partial charge in [-0.3, -0.25) is 4.79 Å². The minimum absolute atomic E-state index is 0. The van der Waals surface area contributed by atoms with Gasteiger partial charge in [-0.05, 0) is 38.2 Å². The van der Waals surface area contributed by atoms with Crippen LogP contribution in [-0.4, -0.2) is 36.1 Å². The van der Waals surface area contributed by atoms with Crippen LogP contribution in [0.5, 0.6) is 0 Å². The van der Waals surface area contributed by atoms with Crippen LogP contribution in [0.4, 0.5) is 0 Å². The number of carbonyl (C=O) groups is 1. The molecule has 0 bridgehead atoms. The third kappa shape index (κ3) is 4.71. The Morgan fingerprint density at radius 3 is 2.21 bits per heavy atom. The molecule has 1 heterocycles. The molecule has 2 N–H and O–H groups in total. The molecule has 2 aliphatic rings. The Kier molecular flexibility index (Phi) is 7.08. The Bertz CT molecular complexity index is 521. The maximum Gasteiger partial charge on any atom is 0.244 e. The van der Waals surface area contributed by atoms with Gasteiger partial charge in [0.25, 0.3) is 0 Å². The lowest BCUT2D eigenvalue weighted by Gasteiger charge is -2.34. The third-order valence-electron chi connectivity index (χ3n) is 5.14. The number of ether oxygens (including phenoxy) is 1. The highest BCUT2D eigenvalue weighted by atomic mass is 35.5. The van der Waals surface area contributed by atoms with Crippen LogP contribution >= 0.6 is 12.4 Å². The number of rotatable bonds is 4. The number of hydrogen-bond donors (Lipinski definition) is 1. The monoisotopic (exact) mass is 352 g/mol. The maximum absolute atomic E-state index is 12.6. The Morgan fingerprint density at radius 1 is 1.08 bits per heavy atom. The average Bonchev–Trinajstić information content (AvgIpc) is 3.08. The summed E-state index contributed by atoms with van der Waals surface area (Å²) in [5, 5.41) is 0. The molecule has 1 aromatic carbocycles. The minimum atomic E-state index is -0.553. The second kappa shape index (κ2) is 8.84. The van der Waals surface area contributed by atoms with E-state index in [0.29, 0.717) is 12.2 Å². The number of aryl methyl sites for hydroxylation is 1. The third-order valence-corrected chi connectivity index (χ3v) is 5.14. The lowest BCUT2D eigenvalue weighted by molar-refractivity contribution is -0.136. The van der Waals surface area contributed by atoms with Gasteiger partial charge in [0.05, 0.1) is 12.2 Å². The fraction of sp³-hybridized carbons (Fsp3) is 0.632. The maximum atomic E-state index is 12.6. The fourth-order valence-corrected chi connectivity index (χ4v) is 3.62. The van der Waals surface area contributed by atoms with E-state index in [1.807, 2.05) is 36.1 Å². The number of benzene rings is 1. The summed E-state index contributed by atoms with van der Waals surface area (Å²) < 4.78 is 6.17. The number of hydrogen-bond acceptors (Lipinski definition) is 3. The van der Waals surface area contributed by atoms with Crippen molar-refractivity contribution in [3.8, 4) is 0 Å². The second-order valence-corrected chi connectivity index (χ2v) is 6.96. The lowest BCUT2D eigenvalue weighted by atomic mass is 10.0. The van der Waals surface area contributed by atoms with Crippen LogP contribution in [0.2, 0.25) is 0 Å². The van der Waals surface area contributed by atoms with Crippen molar-refractivity contribution in [3.05, 3.63) is 35.4 Å². The molecule has 1 aliphatic heterocycles. The number of halogens is 1. The zero-order valence-electron chi connectivity index (χ0n) is 14.4. The number of nitrogens with two attached hydrogens (primary N) is 1. The first-order valence-corrected chi connectivity index (χ1v) is 8.90. The first-order valence-electron chi connectivity index (χ1n) is 8.90. The summed E-state index contributed by atoms with van der Waals surface area (Å²) in [5.41, 5.74) is 8.24. The van der Waals surface area contributed by atoms with Crippen LogP contribution in [0.1, 0.15) is 55.7 Å². The number of piperidine rings is 1. The molecule has 134 valence electrons. The molecule has 1 saturated heterocycles. The summed E-state index contributed by atoms with van der Waals surface area (Å²) in [7, 11) is 0. The highest BCUT2D eigenvalue weighted by Gasteiger charge is 2.29. The van der Waals surface area contributed by atoms with Crippen LogP contribution in [0.15, 0.2) is 24.3 Å². The smallest absolute Gasteiger partial charge is 0.244 e. The van der Waals surface area contributed by atoms with Gasteiger partial charge in [-0.15, -0.1) is 12.4 Å². The summed E-state index contributed by atoms with van der Waals surface area (Å²) in [5.74, 6) is 0.0353. The molecular formula is C19H29ClN2O2. The van der Waals surface area contributed by atoms with E-state index in [9.17, 15) is 4.79 Å². The molecule has 24 heavy (non-hydrogen) atoms. The zero-order valence-corrected chi connectivity index (χ0v) is 15.3. The van der Waals surface area contributed by atoms with E-state index in [4.69, 9.17) is 10.5 Å². The van der Waals surface area contributed by atoms with Gasteiger partial charge in [-0.2, -0.15) is 0 Å². The molecule has 1 aromatic rings. The quantitative estimate of drug-likeness (QED) is 0.903. The van der Waals surface area contributed by atoms with Gasteiger partial charge in [0.2, 0.25) is 5.91 Å². The molecule has 0 aromatic heterocycles. The highest BCUT2D eigenvalue weighted by molar-refractivity contribution is 5.85. The number of nitrogens with zero attached hydrogens (tertiary/aromatic N) is 1. The standard InChI is InChI=1S/C19H28N2O2.ClH/c1-14-6-8-15(9-7-14)18(20)19(22)21-12-10-17(11-13-21)23-16-4-2-3-5-16;/h6-9,16-18H,2-5,10-13,20H2,1H3;1H. The van der Waals surface area contributed by atoms with E-state index in [1.165, 1.54) is 31.2 Å². The van der Waals surface area contributed by atoms with Gasteiger partial charge in [-0.1, -0.05) is 42.7 Å². The number of amides is 1. The van der Waals surface area contributed by atoms with E-state index < -0.39 is 6.04 Å². The molecule has 0 radical (unpaired) electrons. The largest absolute Gasteiger partial charge is 0.375 e. The Labute approximate surface area is 151 Å². The molecule has 5 heteroatoms. The summed E-state index contributed by atoms with van der Waals surface area (Å²) in [4.78, 5) is 14.5. The Morgan fingerprint density at radius 2 is 1.62 bits per heavy atom. The van der Waals surface area contributed by atoms with Gasteiger partial charge in [-0.25, -0.2) is 0 Å². The van der Waals surface area contributed by atoms with Crippen molar-refractivity contribution < 1.29 is 9.53 Å². The predicted molar refractivity (Wildman–Crippen MR) is 98.3 cm³/mol. The van der Waals surface area contributed by atoms with E-state index in [2.05, 4.69) is 0 Å². The number of likely N-dealkylation sites (tertiary alicyclic amines) is 1. The van der Waals surface area contributed by atoms with E-state index >= 15 is 0 Å². The lowest BCUT2D eigenvalue weighted by Crippen LogP contribution is -2.45. The second-order valence-electron chi connectivity index (χ2n) is 6.96. The fourth-order valence-electron chi connectivity index (χ4n) is 3.62. The van der Waals surface area contributed by atoms with E-state index in [-0.39, 0.29) is 18.3 Å². The molecule has 1 saturated carbocycles. The summed E-state index contributed by atoms with van der Waals surface area (Å²) >= 11 is 0. The first kappa shape index (κ1) is 19.2. The summed E-state index contributed by atoms with van der Waals surface area (Å²) in [6, 6.07) is 7.36. The van der Waals surface area contributed by atoms with Crippen LogP contribution < -0.4 is 5.73 Å². The molecule has 3 rings (SSSR count). The molecule has 1 atom stereocenters. The van der Waals surface area contributed by atoms with E-state index in [1.54, 1.807) is 0 Å². The van der Waals surface area contributed by atoms with Crippen molar-refractivity contribution in [2.24, 2.45) is 5.73 Å². The summed E-state index contributed by atoms with van der Waals surface area (Å²) in [6.07, 6.45) is 7.65. The SMILES string of the molecule is Cc1ccc(C(N)C(=O)N2CCC(OC3CCCC3)CC2)cc1.Cl. The minimum Gasteiger partial charge on any atom is -0.375 e. The van der Waals surface area contributed by atoms with Crippen molar-refractivity contribution in [3.63, 3.8) is 0 Å². The van der Waals surface area contributed by atoms with E-state index in [0.717, 1.165) is 31.5 Å². The first-order chi connectivity index (χ1) is 11.1. The van der Waals surface area contributed by atoms with Gasteiger partial charge >= 0.3 is 0 Å². The van der Waals surface area contributed by atoms with Crippen LogP contribution in [-0.2, 0) is 9.53 Å². The molecule has 1 unspecified atom stereocenters. The van der Waals surface area contributed by atoms with Gasteiger partial charge in [0.1, 0.15) is 6.04 Å².